The Hall–Kier alpha value is -2.58. The number of H-pyrrole nitrogens is 1. The van der Waals surface area contributed by atoms with E-state index in [1.54, 1.807) is 0 Å². The number of aromatic nitrogens is 5. The third kappa shape index (κ3) is 5.33. The summed E-state index contributed by atoms with van der Waals surface area (Å²) in [6, 6.07) is 6.07. The van der Waals surface area contributed by atoms with Crippen molar-refractivity contribution < 1.29 is 5.11 Å². The minimum Gasteiger partial charge on any atom is -0.396 e. The van der Waals surface area contributed by atoms with E-state index < -0.39 is 0 Å². The molecule has 1 atom stereocenters. The van der Waals surface area contributed by atoms with Crippen molar-refractivity contribution in [3.8, 4) is 0 Å². The summed E-state index contributed by atoms with van der Waals surface area (Å²) in [6.45, 7) is 15.9. The van der Waals surface area contributed by atoms with Crippen molar-refractivity contribution in [3.63, 3.8) is 0 Å². The molecular formula is C25H38N6O2. The number of aliphatic hydroxyl groups excluding tert-OH is 1. The van der Waals surface area contributed by atoms with E-state index in [4.69, 9.17) is 0 Å². The Labute approximate surface area is 196 Å². The number of tetrazole rings is 1. The maximum atomic E-state index is 13.1. The second kappa shape index (κ2) is 10.1. The molecule has 0 aliphatic carbocycles. The topological polar surface area (TPSA) is 99.9 Å². The normalized spacial score (nSPS) is 13.4. The highest BCUT2D eigenvalue weighted by atomic mass is 16.3. The fourth-order valence-corrected chi connectivity index (χ4v) is 4.50. The molecule has 0 saturated heterocycles. The first-order valence-electron chi connectivity index (χ1n) is 11.9. The monoisotopic (exact) mass is 454 g/mol. The van der Waals surface area contributed by atoms with Gasteiger partial charge in [0.1, 0.15) is 0 Å². The van der Waals surface area contributed by atoms with Crippen molar-refractivity contribution in [1.29, 1.82) is 0 Å². The molecule has 1 unspecified atom stereocenters. The van der Waals surface area contributed by atoms with Gasteiger partial charge in [0, 0.05) is 25.3 Å². The lowest BCUT2D eigenvalue weighted by Gasteiger charge is -2.35. The van der Waals surface area contributed by atoms with E-state index in [1.165, 1.54) is 0 Å². The maximum Gasteiger partial charge on any atom is 0.252 e. The Balaban J connectivity index is 2.07. The van der Waals surface area contributed by atoms with E-state index in [-0.39, 0.29) is 29.7 Å². The van der Waals surface area contributed by atoms with Crippen LogP contribution in [-0.2, 0) is 12.1 Å². The molecule has 8 heteroatoms. The third-order valence-corrected chi connectivity index (χ3v) is 6.57. The Morgan fingerprint density at radius 2 is 1.94 bits per heavy atom. The third-order valence-electron chi connectivity index (χ3n) is 6.57. The van der Waals surface area contributed by atoms with Gasteiger partial charge in [-0.1, -0.05) is 32.4 Å². The van der Waals surface area contributed by atoms with Gasteiger partial charge in [0.25, 0.3) is 5.56 Å². The fourth-order valence-electron chi connectivity index (χ4n) is 4.50. The standard InChI is InChI=1S/C25H38N6O2/c1-8-25(6,7)31-23(27-28-29-31)22(16(2)3)30(10-9-11-32)15-20-14-19-13-17(4)12-18(5)21(19)26-24(20)33/h12-14,16,22,32H,8-11,15H2,1-7H3,(H,26,33). The second-order valence-corrected chi connectivity index (χ2v) is 10.0. The molecule has 3 aromatic rings. The van der Waals surface area contributed by atoms with Crippen molar-refractivity contribution in [2.24, 2.45) is 5.92 Å². The average molecular weight is 455 g/mol. The molecule has 33 heavy (non-hydrogen) atoms. The van der Waals surface area contributed by atoms with Crippen LogP contribution in [0.15, 0.2) is 23.0 Å². The zero-order valence-electron chi connectivity index (χ0n) is 21.0. The number of hydrogen-bond acceptors (Lipinski definition) is 6. The van der Waals surface area contributed by atoms with Gasteiger partial charge < -0.3 is 10.1 Å². The van der Waals surface area contributed by atoms with Gasteiger partial charge in [-0.15, -0.1) is 5.10 Å². The highest BCUT2D eigenvalue weighted by Crippen LogP contribution is 2.32. The molecule has 1 aromatic carbocycles. The molecule has 0 spiro atoms. The van der Waals surface area contributed by atoms with E-state index in [1.807, 2.05) is 17.7 Å². The Bertz CT molecular complexity index is 1150. The van der Waals surface area contributed by atoms with E-state index in [9.17, 15) is 9.90 Å². The molecular weight excluding hydrogens is 416 g/mol. The molecule has 2 N–H and O–H groups in total. The molecule has 0 fully saturated rings. The van der Waals surface area contributed by atoms with E-state index in [0.29, 0.717) is 25.1 Å². The van der Waals surface area contributed by atoms with Crippen LogP contribution >= 0.6 is 0 Å². The SMILES string of the molecule is CCC(C)(C)n1nnnc1C(C(C)C)N(CCCO)Cc1cc2cc(C)cc(C)c2[nH]c1=O. The van der Waals surface area contributed by atoms with Crippen LogP contribution in [0.25, 0.3) is 10.9 Å². The highest BCUT2D eigenvalue weighted by Gasteiger charge is 2.33. The van der Waals surface area contributed by atoms with Crippen LogP contribution in [0.2, 0.25) is 0 Å². The van der Waals surface area contributed by atoms with Crippen LogP contribution in [0.3, 0.4) is 0 Å². The number of aromatic amines is 1. The summed E-state index contributed by atoms with van der Waals surface area (Å²) in [5.74, 6) is 0.990. The second-order valence-electron chi connectivity index (χ2n) is 10.0. The molecule has 3 rings (SSSR count). The molecule has 2 aromatic heterocycles. The highest BCUT2D eigenvalue weighted by molar-refractivity contribution is 5.82. The van der Waals surface area contributed by atoms with Crippen LogP contribution in [-0.4, -0.2) is 48.3 Å². The predicted molar refractivity (Wildman–Crippen MR) is 131 cm³/mol. The zero-order chi connectivity index (χ0) is 24.3. The van der Waals surface area contributed by atoms with Gasteiger partial charge in [0.05, 0.1) is 17.1 Å². The fraction of sp³-hybridized carbons (Fsp3) is 0.600. The number of rotatable bonds is 10. The van der Waals surface area contributed by atoms with Gasteiger partial charge in [-0.3, -0.25) is 9.69 Å². The number of nitrogens with zero attached hydrogens (tertiary/aromatic N) is 5. The van der Waals surface area contributed by atoms with Crippen LogP contribution < -0.4 is 5.56 Å². The molecule has 0 bridgehead atoms. The largest absolute Gasteiger partial charge is 0.396 e. The maximum absolute atomic E-state index is 13.1. The van der Waals surface area contributed by atoms with Gasteiger partial charge >= 0.3 is 0 Å². The first-order valence-corrected chi connectivity index (χ1v) is 11.9. The Kier molecular flexibility index (Phi) is 7.69. The van der Waals surface area contributed by atoms with Crippen LogP contribution in [0.4, 0.5) is 0 Å². The molecule has 0 radical (unpaired) electrons. The Morgan fingerprint density at radius 3 is 2.58 bits per heavy atom. The van der Waals surface area contributed by atoms with Crippen molar-refractivity contribution >= 4 is 10.9 Å². The van der Waals surface area contributed by atoms with Gasteiger partial charge in [-0.2, -0.15) is 0 Å². The van der Waals surface area contributed by atoms with Crippen molar-refractivity contribution in [3.05, 3.63) is 51.1 Å². The van der Waals surface area contributed by atoms with E-state index in [2.05, 4.69) is 79.1 Å². The minimum atomic E-state index is -0.232. The number of hydrogen-bond donors (Lipinski definition) is 2. The lowest BCUT2D eigenvalue weighted by molar-refractivity contribution is 0.115. The number of nitrogens with one attached hydrogen (secondary N) is 1. The predicted octanol–water partition coefficient (Wildman–Crippen LogP) is 3.86. The summed E-state index contributed by atoms with van der Waals surface area (Å²) in [4.78, 5) is 18.4. The van der Waals surface area contributed by atoms with Crippen molar-refractivity contribution in [1.82, 2.24) is 30.1 Å². The summed E-state index contributed by atoms with van der Waals surface area (Å²) in [5.41, 5.74) is 3.49. The lowest BCUT2D eigenvalue weighted by atomic mass is 9.97. The van der Waals surface area contributed by atoms with Crippen LogP contribution in [0, 0.1) is 19.8 Å². The summed E-state index contributed by atoms with van der Waals surface area (Å²) in [7, 11) is 0. The minimum absolute atomic E-state index is 0.0825. The first kappa shape index (κ1) is 25.1. The molecule has 0 saturated carbocycles. The first-order chi connectivity index (χ1) is 15.6. The summed E-state index contributed by atoms with van der Waals surface area (Å²) < 4.78 is 1.92. The Morgan fingerprint density at radius 1 is 1.21 bits per heavy atom. The molecule has 0 amide bonds. The number of aryl methyl sites for hydroxylation is 2. The van der Waals surface area contributed by atoms with Gasteiger partial charge in [0.15, 0.2) is 5.82 Å². The van der Waals surface area contributed by atoms with Gasteiger partial charge in [-0.25, -0.2) is 4.68 Å². The molecule has 8 nitrogen and oxygen atoms in total. The zero-order valence-corrected chi connectivity index (χ0v) is 21.0. The van der Waals surface area contributed by atoms with Crippen LogP contribution in [0.5, 0.6) is 0 Å². The van der Waals surface area contributed by atoms with Crippen molar-refractivity contribution in [2.75, 3.05) is 13.2 Å². The average Bonchev–Trinajstić information content (AvgIpc) is 3.23. The molecule has 2 heterocycles. The summed E-state index contributed by atoms with van der Waals surface area (Å²) >= 11 is 0. The van der Waals surface area contributed by atoms with Crippen molar-refractivity contribution in [2.45, 2.75) is 79.4 Å². The van der Waals surface area contributed by atoms with Gasteiger partial charge in [-0.05, 0) is 80.0 Å². The quantitative estimate of drug-likeness (QED) is 0.483. The number of pyridine rings is 1. The number of fused-ring (bicyclic) bond motifs is 1. The molecule has 0 aliphatic rings. The summed E-state index contributed by atoms with van der Waals surface area (Å²) in [5, 5.41) is 23.4. The van der Waals surface area contributed by atoms with E-state index >= 15 is 0 Å². The molecule has 0 aliphatic heterocycles. The number of aliphatic hydroxyl groups is 1. The smallest absolute Gasteiger partial charge is 0.252 e. The van der Waals surface area contributed by atoms with Gasteiger partial charge in [0.2, 0.25) is 0 Å². The molecule has 180 valence electrons. The lowest BCUT2D eigenvalue weighted by Crippen LogP contribution is -2.39. The van der Waals surface area contributed by atoms with Crippen LogP contribution in [0.1, 0.15) is 76.0 Å². The summed E-state index contributed by atoms with van der Waals surface area (Å²) in [6.07, 6.45) is 1.49. The number of benzene rings is 1. The van der Waals surface area contributed by atoms with E-state index in [0.717, 1.165) is 34.3 Å².